The van der Waals surface area contributed by atoms with Crippen LogP contribution in [0.5, 0.6) is 0 Å². The molecule has 2 nitrogen and oxygen atoms in total. The second-order valence-electron chi connectivity index (χ2n) is 4.94. The van der Waals surface area contributed by atoms with Crippen LogP contribution in [-0.2, 0) is 0 Å². The molecule has 1 atom stereocenters. The average molecular weight is 182 g/mol. The zero-order valence-corrected chi connectivity index (χ0v) is 9.11. The van der Waals surface area contributed by atoms with E-state index in [2.05, 4.69) is 38.0 Å². The zero-order chi connectivity index (χ0) is 9.90. The van der Waals surface area contributed by atoms with Gasteiger partial charge in [0.25, 0.3) is 0 Å². The molecule has 0 bridgehead atoms. The minimum absolute atomic E-state index is 0.147. The van der Waals surface area contributed by atoms with E-state index in [1.54, 1.807) is 0 Å². The molecule has 76 valence electrons. The maximum Gasteiger partial charge on any atom is 0.0286 e. The van der Waals surface area contributed by atoms with Crippen molar-refractivity contribution in [3.63, 3.8) is 0 Å². The van der Waals surface area contributed by atoms with Gasteiger partial charge in [-0.3, -0.25) is 0 Å². The highest BCUT2D eigenvalue weighted by Gasteiger charge is 2.19. The summed E-state index contributed by atoms with van der Waals surface area (Å²) in [6.07, 6.45) is 2.55. The lowest BCUT2D eigenvalue weighted by Gasteiger charge is -2.31. The van der Waals surface area contributed by atoms with Crippen LogP contribution >= 0.6 is 0 Å². The van der Waals surface area contributed by atoms with Crippen molar-refractivity contribution in [1.29, 1.82) is 0 Å². The molecule has 0 aromatic heterocycles. The molecule has 1 fully saturated rings. The van der Waals surface area contributed by atoms with Gasteiger partial charge in [0.1, 0.15) is 0 Å². The average Bonchev–Trinajstić information content (AvgIpc) is 2.03. The monoisotopic (exact) mass is 182 g/mol. The van der Waals surface area contributed by atoms with Crippen LogP contribution in [0.1, 0.15) is 33.6 Å². The van der Waals surface area contributed by atoms with Gasteiger partial charge in [0.05, 0.1) is 0 Å². The van der Waals surface area contributed by atoms with Crippen LogP contribution in [-0.4, -0.2) is 18.6 Å². The van der Waals surface area contributed by atoms with E-state index in [0.717, 1.165) is 6.54 Å². The van der Waals surface area contributed by atoms with Crippen LogP contribution in [0.25, 0.3) is 0 Å². The fraction of sp³-hybridized carbons (Fsp3) is 0.818. The van der Waals surface area contributed by atoms with Gasteiger partial charge < -0.3 is 10.6 Å². The van der Waals surface area contributed by atoms with E-state index < -0.39 is 0 Å². The van der Waals surface area contributed by atoms with Crippen LogP contribution in [0.3, 0.4) is 0 Å². The van der Waals surface area contributed by atoms with E-state index in [0.29, 0.717) is 5.92 Å². The largest absolute Gasteiger partial charge is 0.384 e. The second kappa shape index (κ2) is 4.14. The van der Waals surface area contributed by atoms with Gasteiger partial charge in [0, 0.05) is 23.7 Å². The summed E-state index contributed by atoms with van der Waals surface area (Å²) in [5, 5.41) is 6.86. The molecular formula is C11H22N2. The van der Waals surface area contributed by atoms with Crippen molar-refractivity contribution < 1.29 is 0 Å². The topological polar surface area (TPSA) is 24.1 Å². The molecule has 13 heavy (non-hydrogen) atoms. The molecule has 1 rings (SSSR count). The van der Waals surface area contributed by atoms with Gasteiger partial charge in [0.15, 0.2) is 0 Å². The molecule has 1 aliphatic heterocycles. The van der Waals surface area contributed by atoms with Crippen LogP contribution in [0.4, 0.5) is 0 Å². The van der Waals surface area contributed by atoms with Crippen molar-refractivity contribution in [2.75, 3.05) is 13.1 Å². The van der Waals surface area contributed by atoms with E-state index >= 15 is 0 Å². The standard InChI is InChI=1S/C11H22N2/c1-9(13-11(2,3)4)10-6-5-7-12-8-10/h10,12-13H,1,5-8H2,2-4H3. The SMILES string of the molecule is C=C(NC(C)(C)C)C1CCCNC1. The smallest absolute Gasteiger partial charge is 0.0286 e. The molecule has 0 aromatic carbocycles. The van der Waals surface area contributed by atoms with Gasteiger partial charge in [-0.25, -0.2) is 0 Å². The lowest BCUT2D eigenvalue weighted by Crippen LogP contribution is -2.41. The van der Waals surface area contributed by atoms with Crippen molar-refractivity contribution in [2.45, 2.75) is 39.2 Å². The summed E-state index contributed by atoms with van der Waals surface area (Å²) in [4.78, 5) is 0. The highest BCUT2D eigenvalue weighted by Crippen LogP contribution is 2.18. The molecule has 0 saturated carbocycles. The lowest BCUT2D eigenvalue weighted by molar-refractivity contribution is 0.369. The fourth-order valence-electron chi connectivity index (χ4n) is 1.73. The highest BCUT2D eigenvalue weighted by molar-refractivity contribution is 5.03. The van der Waals surface area contributed by atoms with Crippen molar-refractivity contribution in [1.82, 2.24) is 10.6 Å². The minimum atomic E-state index is 0.147. The summed E-state index contributed by atoms with van der Waals surface area (Å²) >= 11 is 0. The number of hydrogen-bond donors (Lipinski definition) is 2. The quantitative estimate of drug-likeness (QED) is 0.681. The van der Waals surface area contributed by atoms with Gasteiger partial charge in [-0.1, -0.05) is 6.58 Å². The first-order chi connectivity index (χ1) is 5.99. The molecule has 0 aliphatic carbocycles. The molecule has 2 N–H and O–H groups in total. The summed E-state index contributed by atoms with van der Waals surface area (Å²) in [7, 11) is 0. The molecular weight excluding hydrogens is 160 g/mol. The highest BCUT2D eigenvalue weighted by atomic mass is 15.0. The van der Waals surface area contributed by atoms with Gasteiger partial charge >= 0.3 is 0 Å². The van der Waals surface area contributed by atoms with Crippen LogP contribution in [0.2, 0.25) is 0 Å². The van der Waals surface area contributed by atoms with Crippen molar-refractivity contribution >= 4 is 0 Å². The van der Waals surface area contributed by atoms with Gasteiger partial charge in [-0.2, -0.15) is 0 Å². The fourth-order valence-corrected chi connectivity index (χ4v) is 1.73. The maximum atomic E-state index is 4.11. The summed E-state index contributed by atoms with van der Waals surface area (Å²) in [5.74, 6) is 0.618. The molecule has 1 unspecified atom stereocenters. The Morgan fingerprint density at radius 2 is 2.15 bits per heavy atom. The first-order valence-electron chi connectivity index (χ1n) is 5.17. The predicted octanol–water partition coefficient (Wildman–Crippen LogP) is 1.89. The molecule has 0 aromatic rings. The van der Waals surface area contributed by atoms with Gasteiger partial charge in [-0.15, -0.1) is 0 Å². The summed E-state index contributed by atoms with van der Waals surface area (Å²) < 4.78 is 0. The van der Waals surface area contributed by atoms with Gasteiger partial charge in [0.2, 0.25) is 0 Å². The van der Waals surface area contributed by atoms with Crippen LogP contribution in [0, 0.1) is 5.92 Å². The Bertz CT molecular complexity index is 173. The number of nitrogens with one attached hydrogen (secondary N) is 2. The molecule has 2 heteroatoms. The normalized spacial score (nSPS) is 24.1. The first kappa shape index (κ1) is 10.6. The van der Waals surface area contributed by atoms with Crippen LogP contribution in [0.15, 0.2) is 12.3 Å². The Kier molecular flexibility index (Phi) is 3.37. The summed E-state index contributed by atoms with van der Waals surface area (Å²) in [5.41, 5.74) is 1.34. The lowest BCUT2D eigenvalue weighted by atomic mass is 9.95. The third-order valence-corrected chi connectivity index (χ3v) is 2.33. The van der Waals surface area contributed by atoms with E-state index in [4.69, 9.17) is 0 Å². The van der Waals surface area contributed by atoms with E-state index in [1.807, 2.05) is 0 Å². The number of hydrogen-bond acceptors (Lipinski definition) is 2. The van der Waals surface area contributed by atoms with Crippen LogP contribution < -0.4 is 10.6 Å². The Labute approximate surface area is 81.8 Å². The number of piperidine rings is 1. The maximum absolute atomic E-state index is 4.11. The van der Waals surface area contributed by atoms with E-state index in [1.165, 1.54) is 25.1 Å². The van der Waals surface area contributed by atoms with E-state index in [9.17, 15) is 0 Å². The van der Waals surface area contributed by atoms with Crippen molar-refractivity contribution in [3.8, 4) is 0 Å². The second-order valence-corrected chi connectivity index (χ2v) is 4.94. The first-order valence-corrected chi connectivity index (χ1v) is 5.17. The Hall–Kier alpha value is -0.500. The van der Waals surface area contributed by atoms with Crippen molar-refractivity contribution in [2.24, 2.45) is 5.92 Å². The predicted molar refractivity (Wildman–Crippen MR) is 57.6 cm³/mol. The van der Waals surface area contributed by atoms with E-state index in [-0.39, 0.29) is 5.54 Å². The molecule has 0 spiro atoms. The zero-order valence-electron chi connectivity index (χ0n) is 9.11. The van der Waals surface area contributed by atoms with Gasteiger partial charge in [-0.05, 0) is 40.2 Å². The Morgan fingerprint density at radius 1 is 1.46 bits per heavy atom. The van der Waals surface area contributed by atoms with Crippen molar-refractivity contribution in [3.05, 3.63) is 12.3 Å². The summed E-state index contributed by atoms with van der Waals surface area (Å²) in [6, 6.07) is 0. The third-order valence-electron chi connectivity index (χ3n) is 2.33. The Morgan fingerprint density at radius 3 is 2.62 bits per heavy atom. The number of rotatable bonds is 2. The molecule has 1 saturated heterocycles. The minimum Gasteiger partial charge on any atom is -0.384 e. The molecule has 0 radical (unpaired) electrons. The Balaban J connectivity index is 2.38. The molecule has 1 heterocycles. The summed E-state index contributed by atoms with van der Waals surface area (Å²) in [6.45, 7) is 12.9. The molecule has 0 amide bonds. The third kappa shape index (κ3) is 3.81. The molecule has 1 aliphatic rings.